The van der Waals surface area contributed by atoms with Crippen molar-refractivity contribution in [2.24, 2.45) is 0 Å². The summed E-state index contributed by atoms with van der Waals surface area (Å²) in [5.74, 6) is 2.89. The first kappa shape index (κ1) is 15.6. The Balaban J connectivity index is 2.56. The molecule has 0 aliphatic heterocycles. The van der Waals surface area contributed by atoms with Crippen LogP contribution in [0.1, 0.15) is 23.1 Å². The van der Waals surface area contributed by atoms with Crippen LogP contribution >= 0.6 is 0 Å². The van der Waals surface area contributed by atoms with E-state index in [4.69, 9.17) is 11.2 Å². The highest BCUT2D eigenvalue weighted by Crippen LogP contribution is 2.25. The van der Waals surface area contributed by atoms with E-state index < -0.39 is 9.84 Å². The van der Waals surface area contributed by atoms with Crippen LogP contribution in [-0.2, 0) is 9.84 Å². The number of benzene rings is 1. The zero-order valence-electron chi connectivity index (χ0n) is 11.7. The van der Waals surface area contributed by atoms with Gasteiger partial charge < -0.3 is 4.74 Å². The summed E-state index contributed by atoms with van der Waals surface area (Å²) in [4.78, 5) is 0. The van der Waals surface area contributed by atoms with Crippen molar-refractivity contribution in [3.05, 3.63) is 28.8 Å². The molecule has 19 heavy (non-hydrogen) atoms. The van der Waals surface area contributed by atoms with E-state index in [-0.39, 0.29) is 11.5 Å². The number of terminal acetylenes is 1. The average molecular weight is 280 g/mol. The highest BCUT2D eigenvalue weighted by atomic mass is 32.2. The lowest BCUT2D eigenvalue weighted by molar-refractivity contribution is 0.313. The molecule has 104 valence electrons. The van der Waals surface area contributed by atoms with Gasteiger partial charge in [-0.2, -0.15) is 0 Å². The first-order valence-corrected chi connectivity index (χ1v) is 8.03. The van der Waals surface area contributed by atoms with Gasteiger partial charge in [0.15, 0.2) is 9.84 Å². The molecule has 0 radical (unpaired) electrons. The van der Waals surface area contributed by atoms with E-state index in [1.54, 1.807) is 0 Å². The summed E-state index contributed by atoms with van der Waals surface area (Å²) in [5.41, 5.74) is 3.33. The quantitative estimate of drug-likeness (QED) is 0.594. The molecular weight excluding hydrogens is 260 g/mol. The number of hydrogen-bond acceptors (Lipinski definition) is 3. The van der Waals surface area contributed by atoms with Crippen LogP contribution in [0.15, 0.2) is 12.1 Å². The molecule has 0 bridgehead atoms. The molecule has 0 amide bonds. The van der Waals surface area contributed by atoms with Crippen LogP contribution in [0.3, 0.4) is 0 Å². The van der Waals surface area contributed by atoms with Crippen LogP contribution in [-0.4, -0.2) is 26.5 Å². The van der Waals surface area contributed by atoms with Crippen molar-refractivity contribution in [2.75, 3.05) is 18.1 Å². The van der Waals surface area contributed by atoms with Gasteiger partial charge in [-0.25, -0.2) is 8.42 Å². The second kappa shape index (κ2) is 6.63. The molecule has 0 aliphatic rings. The van der Waals surface area contributed by atoms with Crippen molar-refractivity contribution < 1.29 is 13.2 Å². The molecule has 3 nitrogen and oxygen atoms in total. The zero-order valence-corrected chi connectivity index (χ0v) is 12.5. The summed E-state index contributed by atoms with van der Waals surface area (Å²) >= 11 is 0. The summed E-state index contributed by atoms with van der Waals surface area (Å²) in [5, 5.41) is 0. The third kappa shape index (κ3) is 4.60. The van der Waals surface area contributed by atoms with E-state index in [2.05, 4.69) is 12.0 Å². The van der Waals surface area contributed by atoms with E-state index >= 15 is 0 Å². The highest BCUT2D eigenvalue weighted by Gasteiger charge is 2.10. The summed E-state index contributed by atoms with van der Waals surface area (Å²) < 4.78 is 28.6. The van der Waals surface area contributed by atoms with Crippen LogP contribution in [0.25, 0.3) is 0 Å². The maximum atomic E-state index is 11.4. The molecule has 0 atom stereocenters. The van der Waals surface area contributed by atoms with Gasteiger partial charge in [0.25, 0.3) is 0 Å². The molecule has 0 heterocycles. The van der Waals surface area contributed by atoms with E-state index in [1.807, 2.05) is 26.8 Å². The minimum absolute atomic E-state index is 0.0705. The number of aryl methyl sites for hydroxylation is 2. The molecule has 1 aromatic carbocycles. The van der Waals surface area contributed by atoms with Crippen LogP contribution in [0.5, 0.6) is 5.75 Å². The lowest BCUT2D eigenvalue weighted by atomic mass is 10.1. The van der Waals surface area contributed by atoms with Crippen molar-refractivity contribution in [2.45, 2.75) is 27.2 Å². The predicted octanol–water partition coefficient (Wildman–Crippen LogP) is 2.43. The van der Waals surface area contributed by atoms with Crippen molar-refractivity contribution in [3.8, 4) is 18.1 Å². The second-order valence-corrected chi connectivity index (χ2v) is 6.84. The number of ether oxygens (including phenoxy) is 1. The summed E-state index contributed by atoms with van der Waals surface area (Å²) in [6, 6.07) is 4.06. The topological polar surface area (TPSA) is 43.4 Å². The summed E-state index contributed by atoms with van der Waals surface area (Å²) in [6.45, 7) is 6.40. The lowest BCUT2D eigenvalue weighted by Gasteiger charge is -2.13. The van der Waals surface area contributed by atoms with Crippen LogP contribution in [0.2, 0.25) is 0 Å². The van der Waals surface area contributed by atoms with Crippen molar-refractivity contribution >= 4 is 9.84 Å². The average Bonchev–Trinajstić information content (AvgIpc) is 2.33. The molecule has 0 fully saturated rings. The highest BCUT2D eigenvalue weighted by molar-refractivity contribution is 7.91. The van der Waals surface area contributed by atoms with E-state index in [0.717, 1.165) is 16.9 Å². The van der Waals surface area contributed by atoms with Crippen LogP contribution < -0.4 is 4.74 Å². The van der Waals surface area contributed by atoms with Crippen molar-refractivity contribution in [1.82, 2.24) is 0 Å². The molecule has 0 saturated heterocycles. The fourth-order valence-corrected chi connectivity index (χ4v) is 2.76. The van der Waals surface area contributed by atoms with Gasteiger partial charge in [0.1, 0.15) is 11.5 Å². The molecule has 4 heteroatoms. The Morgan fingerprint density at radius 3 is 2.47 bits per heavy atom. The number of rotatable bonds is 6. The molecule has 0 aromatic heterocycles. The molecule has 1 aromatic rings. The zero-order chi connectivity index (χ0) is 14.5. The predicted molar refractivity (Wildman–Crippen MR) is 78.3 cm³/mol. The molecule has 0 saturated carbocycles. The van der Waals surface area contributed by atoms with Gasteiger partial charge in [-0.15, -0.1) is 6.42 Å². The summed E-state index contributed by atoms with van der Waals surface area (Å²) in [6.07, 6.45) is 5.46. The summed E-state index contributed by atoms with van der Waals surface area (Å²) in [7, 11) is -3.13. The smallest absolute Gasteiger partial charge is 0.161 e. The van der Waals surface area contributed by atoms with Gasteiger partial charge in [0.2, 0.25) is 0 Å². The normalized spacial score (nSPS) is 11.1. The minimum Gasteiger partial charge on any atom is -0.493 e. The van der Waals surface area contributed by atoms with E-state index in [1.165, 1.54) is 5.56 Å². The molecule has 0 aliphatic carbocycles. The Morgan fingerprint density at radius 1 is 1.21 bits per heavy atom. The van der Waals surface area contributed by atoms with E-state index in [0.29, 0.717) is 13.0 Å². The number of sulfone groups is 1. The number of hydrogen-bond donors (Lipinski definition) is 0. The largest absolute Gasteiger partial charge is 0.493 e. The van der Waals surface area contributed by atoms with Gasteiger partial charge in [-0.05, 0) is 43.9 Å². The van der Waals surface area contributed by atoms with Crippen LogP contribution in [0.4, 0.5) is 0 Å². The van der Waals surface area contributed by atoms with E-state index in [9.17, 15) is 8.42 Å². The van der Waals surface area contributed by atoms with Crippen molar-refractivity contribution in [1.29, 1.82) is 0 Å². The Bertz CT molecular complexity index is 580. The van der Waals surface area contributed by atoms with Crippen LogP contribution in [0, 0.1) is 33.1 Å². The Hall–Kier alpha value is -1.47. The lowest BCUT2D eigenvalue weighted by Crippen LogP contribution is -2.13. The second-order valence-electron chi connectivity index (χ2n) is 4.65. The first-order valence-electron chi connectivity index (χ1n) is 6.21. The molecule has 1 rings (SSSR count). The third-order valence-electron chi connectivity index (χ3n) is 3.02. The fourth-order valence-electron chi connectivity index (χ4n) is 1.80. The molecule has 0 spiro atoms. The van der Waals surface area contributed by atoms with Gasteiger partial charge >= 0.3 is 0 Å². The maximum Gasteiger partial charge on any atom is 0.161 e. The third-order valence-corrected chi connectivity index (χ3v) is 4.54. The van der Waals surface area contributed by atoms with Gasteiger partial charge in [-0.3, -0.25) is 0 Å². The fraction of sp³-hybridized carbons (Fsp3) is 0.467. The monoisotopic (exact) mass is 280 g/mol. The van der Waals surface area contributed by atoms with Crippen molar-refractivity contribution in [3.63, 3.8) is 0 Å². The first-order chi connectivity index (χ1) is 8.87. The molecule has 0 unspecified atom stereocenters. The SMILES string of the molecule is C#CCS(=O)(=O)CCCOc1c(C)ccc(C)c1C. The molecule has 0 N–H and O–H groups in total. The Kier molecular flexibility index (Phi) is 5.44. The van der Waals surface area contributed by atoms with Gasteiger partial charge in [0.05, 0.1) is 12.4 Å². The van der Waals surface area contributed by atoms with Gasteiger partial charge in [-0.1, -0.05) is 18.1 Å². The van der Waals surface area contributed by atoms with Gasteiger partial charge in [0, 0.05) is 0 Å². The molecular formula is C15H20O3S. The standard InChI is InChI=1S/C15H20O3S/c1-5-10-19(16,17)11-6-9-18-15-13(3)8-7-12(2)14(15)4/h1,7-8H,6,9-11H2,2-4H3. The maximum absolute atomic E-state index is 11.4. The minimum atomic E-state index is -3.13. The Labute approximate surface area is 115 Å². The Morgan fingerprint density at radius 2 is 1.84 bits per heavy atom.